The molecule has 1 saturated carbocycles. The van der Waals surface area contributed by atoms with Crippen LogP contribution in [-0.2, 0) is 25.7 Å². The van der Waals surface area contributed by atoms with Gasteiger partial charge in [0.15, 0.2) is 0 Å². The van der Waals surface area contributed by atoms with Crippen LogP contribution in [0.4, 0.5) is 0 Å². The average molecular weight is 487 g/mol. The minimum Gasteiger partial charge on any atom is -0.460 e. The van der Waals surface area contributed by atoms with Gasteiger partial charge >= 0.3 is 5.97 Å². The first-order valence-electron chi connectivity index (χ1n) is 13.0. The molecule has 0 radical (unpaired) electrons. The Balaban J connectivity index is 2.05. The topological polar surface area (TPSA) is 72.8 Å². The van der Waals surface area contributed by atoms with Crippen LogP contribution in [0.1, 0.15) is 79.7 Å². The van der Waals surface area contributed by atoms with Gasteiger partial charge in [0.25, 0.3) is 0 Å². The smallest absolute Gasteiger partial charge is 0.313 e. The van der Waals surface area contributed by atoms with Crippen molar-refractivity contribution in [3.05, 3.63) is 48.0 Å². The second-order valence-corrected chi connectivity index (χ2v) is 12.1. The minimum atomic E-state index is -0.925. The first-order valence-corrected chi connectivity index (χ1v) is 13.0. The van der Waals surface area contributed by atoms with Gasteiger partial charge in [-0.15, -0.1) is 0 Å². The third kappa shape index (κ3) is 9.89. The van der Waals surface area contributed by atoms with E-state index in [2.05, 4.69) is 45.9 Å². The van der Waals surface area contributed by atoms with E-state index in [1.807, 2.05) is 18.2 Å². The van der Waals surface area contributed by atoms with Crippen molar-refractivity contribution in [3.63, 3.8) is 0 Å². The van der Waals surface area contributed by atoms with E-state index < -0.39 is 17.7 Å². The lowest BCUT2D eigenvalue weighted by atomic mass is 9.57. The summed E-state index contributed by atoms with van der Waals surface area (Å²) in [5.74, 6) is 0.732. The summed E-state index contributed by atoms with van der Waals surface area (Å²) in [4.78, 5) is 24.2. The molecule has 0 heterocycles. The van der Waals surface area contributed by atoms with Crippen LogP contribution in [-0.4, -0.2) is 35.2 Å². The predicted molar refractivity (Wildman–Crippen MR) is 140 cm³/mol. The number of carbonyl (C=O) groups is 2. The van der Waals surface area contributed by atoms with Crippen molar-refractivity contribution in [2.24, 2.45) is 29.1 Å². The summed E-state index contributed by atoms with van der Waals surface area (Å²) >= 11 is 0. The largest absolute Gasteiger partial charge is 0.460 e. The standard InChI is InChI=1S/C30H46O5/c1-21(2)25-15-16-30(6,7)27(26(25)20-34-19-22-11-9-8-10-12-22)14-13-23(31)17-24(32)18-28(33)35-29(3,4)5/h8-14,21,23,25-27,31H,15-20H2,1-7H3/b14-13+/t23-,25+,26+,27-/m1/s1. The molecular formula is C30H46O5. The number of Topliss-reactive ketones (excluding diaryl/α,β-unsaturated/α-hetero) is 1. The number of hydrogen-bond donors (Lipinski definition) is 1. The number of ether oxygens (including phenoxy) is 2. The third-order valence-electron chi connectivity index (χ3n) is 7.05. The van der Waals surface area contributed by atoms with Gasteiger partial charge < -0.3 is 14.6 Å². The fraction of sp³-hybridized carbons (Fsp3) is 0.667. The molecule has 4 atom stereocenters. The summed E-state index contributed by atoms with van der Waals surface area (Å²) in [7, 11) is 0. The zero-order valence-electron chi connectivity index (χ0n) is 22.8. The number of allylic oxidation sites excluding steroid dienone is 1. The van der Waals surface area contributed by atoms with Crippen LogP contribution in [0.2, 0.25) is 0 Å². The number of esters is 1. The Bertz CT molecular complexity index is 834. The zero-order chi connectivity index (χ0) is 26.2. The van der Waals surface area contributed by atoms with Crippen molar-refractivity contribution in [1.29, 1.82) is 0 Å². The number of rotatable bonds is 11. The van der Waals surface area contributed by atoms with E-state index in [0.717, 1.165) is 18.4 Å². The van der Waals surface area contributed by atoms with Gasteiger partial charge in [-0.1, -0.05) is 70.2 Å². The van der Waals surface area contributed by atoms with E-state index in [1.165, 1.54) is 0 Å². The fourth-order valence-corrected chi connectivity index (χ4v) is 5.27. The molecule has 1 aromatic carbocycles. The van der Waals surface area contributed by atoms with Crippen LogP contribution in [0, 0.1) is 29.1 Å². The lowest BCUT2D eigenvalue weighted by Crippen LogP contribution is -2.43. The lowest BCUT2D eigenvalue weighted by Gasteiger charge is -2.48. The van der Waals surface area contributed by atoms with Gasteiger partial charge in [0, 0.05) is 6.42 Å². The summed E-state index contributed by atoms with van der Waals surface area (Å²) in [5, 5.41) is 10.6. The first kappa shape index (κ1) is 29.3. The molecule has 0 saturated heterocycles. The van der Waals surface area contributed by atoms with Crippen molar-refractivity contribution < 1.29 is 24.2 Å². The van der Waals surface area contributed by atoms with Crippen LogP contribution in [0.5, 0.6) is 0 Å². The van der Waals surface area contributed by atoms with Crippen molar-refractivity contribution in [2.75, 3.05) is 6.61 Å². The normalized spacial score (nSPS) is 23.4. The molecule has 1 N–H and O–H groups in total. The molecule has 5 heteroatoms. The maximum atomic E-state index is 12.3. The average Bonchev–Trinajstić information content (AvgIpc) is 2.71. The lowest BCUT2D eigenvalue weighted by molar-refractivity contribution is -0.156. The molecule has 2 rings (SSSR count). The van der Waals surface area contributed by atoms with Crippen LogP contribution in [0.15, 0.2) is 42.5 Å². The van der Waals surface area contributed by atoms with Crippen LogP contribution in [0.3, 0.4) is 0 Å². The molecule has 196 valence electrons. The van der Waals surface area contributed by atoms with Gasteiger partial charge in [-0.3, -0.25) is 9.59 Å². The summed E-state index contributed by atoms with van der Waals surface area (Å²) in [6, 6.07) is 10.2. The predicted octanol–water partition coefficient (Wildman–Crippen LogP) is 6.14. The van der Waals surface area contributed by atoms with E-state index in [1.54, 1.807) is 26.8 Å². The van der Waals surface area contributed by atoms with E-state index in [9.17, 15) is 14.7 Å². The number of aliphatic hydroxyl groups excluding tert-OH is 1. The number of ketones is 1. The van der Waals surface area contributed by atoms with E-state index in [-0.39, 0.29) is 30.0 Å². The first-order chi connectivity index (χ1) is 16.3. The second-order valence-electron chi connectivity index (χ2n) is 12.1. The van der Waals surface area contributed by atoms with Crippen LogP contribution >= 0.6 is 0 Å². The van der Waals surface area contributed by atoms with Gasteiger partial charge in [0.2, 0.25) is 0 Å². The van der Waals surface area contributed by atoms with Gasteiger partial charge in [-0.05, 0) is 68.3 Å². The molecule has 1 aromatic rings. The maximum Gasteiger partial charge on any atom is 0.313 e. The van der Waals surface area contributed by atoms with E-state index in [4.69, 9.17) is 9.47 Å². The highest BCUT2D eigenvalue weighted by Crippen LogP contribution is 2.49. The highest BCUT2D eigenvalue weighted by atomic mass is 16.6. The van der Waals surface area contributed by atoms with Crippen molar-refractivity contribution in [1.82, 2.24) is 0 Å². The molecule has 1 fully saturated rings. The van der Waals surface area contributed by atoms with Gasteiger partial charge in [-0.2, -0.15) is 0 Å². The second kappa shape index (κ2) is 12.8. The molecule has 0 aliphatic heterocycles. The Morgan fingerprint density at radius 2 is 1.83 bits per heavy atom. The molecule has 5 nitrogen and oxygen atoms in total. The molecule has 0 spiro atoms. The Kier molecular flexibility index (Phi) is 10.7. The third-order valence-corrected chi connectivity index (χ3v) is 7.05. The number of hydrogen-bond acceptors (Lipinski definition) is 5. The Morgan fingerprint density at radius 1 is 1.17 bits per heavy atom. The minimum absolute atomic E-state index is 0.0584. The number of benzene rings is 1. The fourth-order valence-electron chi connectivity index (χ4n) is 5.27. The number of carbonyl (C=O) groups excluding carboxylic acids is 2. The van der Waals surface area contributed by atoms with Crippen molar-refractivity contribution >= 4 is 11.8 Å². The van der Waals surface area contributed by atoms with Crippen LogP contribution in [0.25, 0.3) is 0 Å². The van der Waals surface area contributed by atoms with E-state index in [0.29, 0.717) is 31.0 Å². The molecule has 1 aliphatic carbocycles. The van der Waals surface area contributed by atoms with Gasteiger partial charge in [0.1, 0.15) is 17.8 Å². The molecule has 0 unspecified atom stereocenters. The van der Waals surface area contributed by atoms with Gasteiger partial charge in [-0.25, -0.2) is 0 Å². The summed E-state index contributed by atoms with van der Waals surface area (Å²) in [6.45, 7) is 15.7. The van der Waals surface area contributed by atoms with Crippen molar-refractivity contribution in [3.8, 4) is 0 Å². The van der Waals surface area contributed by atoms with E-state index >= 15 is 0 Å². The molecular weight excluding hydrogens is 440 g/mol. The molecule has 0 aromatic heterocycles. The van der Waals surface area contributed by atoms with Gasteiger partial charge in [0.05, 0.1) is 19.3 Å². The Morgan fingerprint density at radius 3 is 2.43 bits per heavy atom. The summed E-state index contributed by atoms with van der Waals surface area (Å²) < 4.78 is 11.4. The monoisotopic (exact) mass is 486 g/mol. The molecule has 1 aliphatic rings. The van der Waals surface area contributed by atoms with Crippen LogP contribution < -0.4 is 0 Å². The Labute approximate surface area is 212 Å². The highest BCUT2D eigenvalue weighted by molar-refractivity contribution is 5.95. The summed E-state index contributed by atoms with van der Waals surface area (Å²) in [5.41, 5.74) is 0.588. The number of aliphatic hydroxyl groups is 1. The maximum absolute atomic E-state index is 12.3. The quantitative estimate of drug-likeness (QED) is 0.231. The molecule has 35 heavy (non-hydrogen) atoms. The summed E-state index contributed by atoms with van der Waals surface area (Å²) in [6.07, 6.45) is 4.77. The zero-order valence-corrected chi connectivity index (χ0v) is 22.8. The Hall–Kier alpha value is -1.98. The van der Waals surface area contributed by atoms with Crippen molar-refractivity contribution in [2.45, 2.75) is 92.5 Å². The SMILES string of the molecule is CC(C)[C@@H]1CCC(C)(C)[C@H](/C=C/[C@@H](O)CC(=O)CC(=O)OC(C)(C)C)[C@H]1COCc1ccccc1. The molecule has 0 amide bonds. The molecule has 0 bridgehead atoms. The highest BCUT2D eigenvalue weighted by Gasteiger charge is 2.43.